The van der Waals surface area contributed by atoms with Gasteiger partial charge in [0.1, 0.15) is 0 Å². The van der Waals surface area contributed by atoms with Crippen LogP contribution in [0.15, 0.2) is 4.52 Å². The first-order chi connectivity index (χ1) is 8.75. The number of carbonyl (C=O) groups excluding carboxylic acids is 1. The van der Waals surface area contributed by atoms with Gasteiger partial charge in [0.2, 0.25) is 5.89 Å². The number of amides is 2. The predicted octanol–water partition coefficient (Wildman–Crippen LogP) is 0.889. The molecule has 1 unspecified atom stereocenters. The van der Waals surface area contributed by atoms with Crippen LogP contribution in [0.3, 0.4) is 0 Å². The molecule has 7 heteroatoms. The minimum atomic E-state index is -0.288. The van der Waals surface area contributed by atoms with Crippen molar-refractivity contribution < 1.29 is 14.4 Å². The van der Waals surface area contributed by atoms with Gasteiger partial charge in [-0.3, -0.25) is 0 Å². The Bertz CT molecular complexity index is 425. The van der Waals surface area contributed by atoms with Crippen LogP contribution in [0, 0.1) is 0 Å². The van der Waals surface area contributed by atoms with Crippen LogP contribution >= 0.6 is 0 Å². The van der Waals surface area contributed by atoms with Crippen molar-refractivity contribution in [1.29, 1.82) is 0 Å². The summed E-state index contributed by atoms with van der Waals surface area (Å²) < 4.78 is 5.12. The molecule has 0 spiro atoms. The maximum atomic E-state index is 11.7. The molecule has 2 amide bonds. The van der Waals surface area contributed by atoms with E-state index in [9.17, 15) is 4.79 Å². The number of hydrogen-bond acceptors (Lipinski definition) is 5. The van der Waals surface area contributed by atoms with E-state index in [-0.39, 0.29) is 30.6 Å². The van der Waals surface area contributed by atoms with Crippen molar-refractivity contribution in [3.8, 4) is 0 Å². The molecule has 0 saturated carbocycles. The third-order valence-electron chi connectivity index (χ3n) is 2.75. The first-order valence-electron chi connectivity index (χ1n) is 6.20. The maximum Gasteiger partial charge on any atom is 0.317 e. The summed E-state index contributed by atoms with van der Waals surface area (Å²) in [5, 5.41) is 15.5. The summed E-state index contributed by atoms with van der Waals surface area (Å²) in [4.78, 5) is 17.4. The monoisotopic (exact) mass is 270 g/mol. The van der Waals surface area contributed by atoms with Crippen molar-refractivity contribution in [3.63, 3.8) is 0 Å². The first kappa shape index (κ1) is 15.4. The Morgan fingerprint density at radius 2 is 2.16 bits per heavy atom. The minimum Gasteiger partial charge on any atom is -0.394 e. The zero-order valence-corrected chi connectivity index (χ0v) is 12.1. The van der Waals surface area contributed by atoms with Gasteiger partial charge in [-0.1, -0.05) is 25.9 Å². The maximum absolute atomic E-state index is 11.7. The van der Waals surface area contributed by atoms with Crippen LogP contribution in [-0.4, -0.2) is 45.9 Å². The summed E-state index contributed by atoms with van der Waals surface area (Å²) in [6, 6.07) is -0.529. The first-order valence-corrected chi connectivity index (χ1v) is 6.20. The average Bonchev–Trinajstić information content (AvgIpc) is 2.82. The average molecular weight is 270 g/mol. The van der Waals surface area contributed by atoms with Gasteiger partial charge in [0.25, 0.3) is 0 Å². The van der Waals surface area contributed by atoms with Crippen molar-refractivity contribution in [2.75, 3.05) is 13.7 Å². The van der Waals surface area contributed by atoms with Gasteiger partial charge >= 0.3 is 6.03 Å². The molecule has 1 heterocycles. The van der Waals surface area contributed by atoms with E-state index in [1.165, 1.54) is 4.90 Å². The highest BCUT2D eigenvalue weighted by atomic mass is 16.5. The number of aromatic nitrogens is 2. The molecule has 0 bridgehead atoms. The second-order valence-corrected chi connectivity index (χ2v) is 5.57. The number of aliphatic hydroxyl groups excluding tert-OH is 1. The molecule has 0 aliphatic rings. The minimum absolute atomic E-state index is 0.0830. The Morgan fingerprint density at radius 1 is 1.53 bits per heavy atom. The van der Waals surface area contributed by atoms with Gasteiger partial charge in [-0.05, 0) is 6.92 Å². The van der Waals surface area contributed by atoms with Crippen LogP contribution in [0.2, 0.25) is 0 Å². The Balaban J connectivity index is 2.53. The second-order valence-electron chi connectivity index (χ2n) is 5.57. The van der Waals surface area contributed by atoms with Gasteiger partial charge in [-0.15, -0.1) is 0 Å². The molecule has 0 aliphatic carbocycles. The molecular formula is C12H22N4O3. The Kier molecular flexibility index (Phi) is 4.88. The van der Waals surface area contributed by atoms with Crippen molar-refractivity contribution in [1.82, 2.24) is 20.4 Å². The molecule has 1 aromatic rings. The van der Waals surface area contributed by atoms with E-state index in [0.717, 1.165) is 0 Å². The zero-order chi connectivity index (χ0) is 14.6. The lowest BCUT2D eigenvalue weighted by atomic mass is 9.97. The normalized spacial score (nSPS) is 13.2. The quantitative estimate of drug-likeness (QED) is 0.847. The van der Waals surface area contributed by atoms with Gasteiger partial charge in [-0.2, -0.15) is 4.98 Å². The fourth-order valence-corrected chi connectivity index (χ4v) is 1.23. The van der Waals surface area contributed by atoms with Gasteiger partial charge in [0.15, 0.2) is 5.82 Å². The molecule has 1 atom stereocenters. The predicted molar refractivity (Wildman–Crippen MR) is 69.5 cm³/mol. The topological polar surface area (TPSA) is 91.5 Å². The fraction of sp³-hybridized carbons (Fsp3) is 0.750. The Hall–Kier alpha value is -1.63. The number of rotatable bonds is 4. The Labute approximate surface area is 113 Å². The number of urea groups is 1. The summed E-state index contributed by atoms with van der Waals surface area (Å²) in [5.41, 5.74) is -0.211. The molecule has 2 N–H and O–H groups in total. The van der Waals surface area contributed by atoms with Gasteiger partial charge < -0.3 is 19.8 Å². The highest BCUT2D eigenvalue weighted by molar-refractivity contribution is 5.74. The van der Waals surface area contributed by atoms with Gasteiger partial charge in [0, 0.05) is 12.5 Å². The van der Waals surface area contributed by atoms with Crippen LogP contribution in [-0.2, 0) is 12.0 Å². The number of hydrogen-bond donors (Lipinski definition) is 2. The number of likely N-dealkylation sites (N-methyl/N-ethyl adjacent to an activating group) is 1. The number of nitrogens with one attached hydrogen (secondary N) is 1. The molecule has 0 fully saturated rings. The molecule has 1 aromatic heterocycles. The second kappa shape index (κ2) is 6.01. The van der Waals surface area contributed by atoms with E-state index in [0.29, 0.717) is 11.7 Å². The van der Waals surface area contributed by atoms with Gasteiger partial charge in [-0.25, -0.2) is 4.79 Å². The van der Waals surface area contributed by atoms with E-state index in [1.54, 1.807) is 14.0 Å². The van der Waals surface area contributed by atoms with Crippen LogP contribution in [0.1, 0.15) is 39.4 Å². The lowest BCUT2D eigenvalue weighted by Gasteiger charge is -2.22. The summed E-state index contributed by atoms with van der Waals surface area (Å²) in [7, 11) is 1.62. The third-order valence-corrected chi connectivity index (χ3v) is 2.75. The lowest BCUT2D eigenvalue weighted by Crippen LogP contribution is -2.43. The molecular weight excluding hydrogens is 248 g/mol. The molecule has 0 aromatic carbocycles. The molecule has 7 nitrogen and oxygen atoms in total. The molecule has 0 radical (unpaired) electrons. The van der Waals surface area contributed by atoms with Crippen molar-refractivity contribution in [3.05, 3.63) is 11.7 Å². The fourth-order valence-electron chi connectivity index (χ4n) is 1.23. The summed E-state index contributed by atoms with van der Waals surface area (Å²) in [5.74, 6) is 0.970. The smallest absolute Gasteiger partial charge is 0.317 e. The number of carbonyl (C=O) groups is 1. The largest absolute Gasteiger partial charge is 0.394 e. The summed E-state index contributed by atoms with van der Waals surface area (Å²) in [6.07, 6.45) is 0. The summed E-state index contributed by atoms with van der Waals surface area (Å²) in [6.45, 7) is 7.78. The molecule has 0 saturated heterocycles. The van der Waals surface area contributed by atoms with E-state index >= 15 is 0 Å². The van der Waals surface area contributed by atoms with Crippen LogP contribution in [0.25, 0.3) is 0 Å². The van der Waals surface area contributed by atoms with Crippen LogP contribution in [0.5, 0.6) is 0 Å². The lowest BCUT2D eigenvalue weighted by molar-refractivity contribution is 0.157. The molecule has 108 valence electrons. The van der Waals surface area contributed by atoms with Crippen molar-refractivity contribution in [2.45, 2.75) is 45.7 Å². The number of aliphatic hydroxyl groups is 1. The van der Waals surface area contributed by atoms with Crippen LogP contribution in [0.4, 0.5) is 4.79 Å². The van der Waals surface area contributed by atoms with Crippen molar-refractivity contribution >= 4 is 6.03 Å². The van der Waals surface area contributed by atoms with E-state index in [2.05, 4.69) is 15.5 Å². The molecule has 19 heavy (non-hydrogen) atoms. The highest BCUT2D eigenvalue weighted by Crippen LogP contribution is 2.19. The molecule has 1 rings (SSSR count). The zero-order valence-electron chi connectivity index (χ0n) is 12.1. The number of nitrogens with zero attached hydrogens (tertiary/aromatic N) is 3. The molecule has 0 aliphatic heterocycles. The SMILES string of the molecule is CC(CO)N(C)C(=O)NCc1noc(C(C)(C)C)n1. The van der Waals surface area contributed by atoms with E-state index < -0.39 is 0 Å². The Morgan fingerprint density at radius 3 is 2.63 bits per heavy atom. The standard InChI is InChI=1S/C12H22N4O3/c1-8(7-17)16(5)11(18)13-6-9-14-10(19-15-9)12(2,3)4/h8,17H,6-7H2,1-5H3,(H,13,18). The third kappa shape index (κ3) is 4.20. The van der Waals surface area contributed by atoms with Crippen molar-refractivity contribution in [2.24, 2.45) is 0 Å². The van der Waals surface area contributed by atoms with Crippen LogP contribution < -0.4 is 5.32 Å². The summed E-state index contributed by atoms with van der Waals surface area (Å²) >= 11 is 0. The highest BCUT2D eigenvalue weighted by Gasteiger charge is 2.22. The van der Waals surface area contributed by atoms with E-state index in [4.69, 9.17) is 9.63 Å². The van der Waals surface area contributed by atoms with E-state index in [1.807, 2.05) is 20.8 Å². The van der Waals surface area contributed by atoms with Gasteiger partial charge in [0.05, 0.1) is 19.2 Å².